The molecule has 148 valence electrons. The van der Waals surface area contributed by atoms with E-state index in [1.54, 1.807) is 18.5 Å². The Morgan fingerprint density at radius 1 is 0.900 bits per heavy atom. The minimum absolute atomic E-state index is 0.274. The Labute approximate surface area is 175 Å². The molecule has 0 aliphatic rings. The lowest BCUT2D eigenvalue weighted by atomic mass is 10.1. The van der Waals surface area contributed by atoms with Gasteiger partial charge in [-0.15, -0.1) is 0 Å². The van der Waals surface area contributed by atoms with Crippen molar-refractivity contribution in [1.29, 1.82) is 0 Å². The van der Waals surface area contributed by atoms with Crippen LogP contribution in [0.15, 0.2) is 91.5 Å². The fourth-order valence-electron chi connectivity index (χ4n) is 3.19. The summed E-state index contributed by atoms with van der Waals surface area (Å²) in [4.78, 5) is 13.2. The van der Waals surface area contributed by atoms with Crippen LogP contribution in [0.5, 0.6) is 0 Å². The quantitative estimate of drug-likeness (QED) is 0.446. The van der Waals surface area contributed by atoms with E-state index in [4.69, 9.17) is 0 Å². The summed E-state index contributed by atoms with van der Waals surface area (Å²) in [5.74, 6) is -0.274. The van der Waals surface area contributed by atoms with Crippen molar-refractivity contribution in [2.24, 2.45) is 0 Å². The van der Waals surface area contributed by atoms with Crippen LogP contribution in [0.4, 0.5) is 10.1 Å². The highest BCUT2D eigenvalue weighted by atomic mass is 19.1. The molecule has 5 heteroatoms. The Balaban J connectivity index is 1.38. The van der Waals surface area contributed by atoms with E-state index in [-0.39, 0.29) is 5.82 Å². The lowest BCUT2D eigenvalue weighted by Crippen LogP contribution is -2.02. The Bertz CT molecular complexity index is 1080. The molecule has 3 heterocycles. The zero-order valence-corrected chi connectivity index (χ0v) is 16.6. The van der Waals surface area contributed by atoms with Crippen LogP contribution in [0.3, 0.4) is 0 Å². The summed E-state index contributed by atoms with van der Waals surface area (Å²) in [6.07, 6.45) is 6.02. The van der Waals surface area contributed by atoms with Gasteiger partial charge >= 0.3 is 0 Å². The molecule has 30 heavy (non-hydrogen) atoms. The van der Waals surface area contributed by atoms with Crippen molar-refractivity contribution >= 4 is 5.69 Å². The van der Waals surface area contributed by atoms with E-state index in [0.29, 0.717) is 6.42 Å². The van der Waals surface area contributed by atoms with Gasteiger partial charge in [-0.3, -0.25) is 15.0 Å². The highest BCUT2D eigenvalue weighted by Crippen LogP contribution is 2.21. The molecule has 4 aromatic rings. The van der Waals surface area contributed by atoms with E-state index in [9.17, 15) is 4.39 Å². The number of aryl methyl sites for hydroxylation is 1. The van der Waals surface area contributed by atoms with E-state index in [1.807, 2.05) is 49.5 Å². The van der Waals surface area contributed by atoms with Crippen LogP contribution < -0.4 is 5.32 Å². The number of nitrogens with zero attached hydrogens (tertiary/aromatic N) is 3. The van der Waals surface area contributed by atoms with Gasteiger partial charge in [-0.05, 0) is 55.0 Å². The van der Waals surface area contributed by atoms with Crippen LogP contribution in [0.1, 0.15) is 11.3 Å². The molecule has 0 atom stereocenters. The van der Waals surface area contributed by atoms with Crippen molar-refractivity contribution in [3.05, 3.63) is 109 Å². The maximum absolute atomic E-state index is 13.4. The lowest BCUT2D eigenvalue weighted by molar-refractivity contribution is 0.628. The second-order valence-corrected chi connectivity index (χ2v) is 7.09. The average molecular weight is 396 g/mol. The van der Waals surface area contributed by atoms with E-state index in [1.165, 1.54) is 12.1 Å². The molecule has 0 bridgehead atoms. The van der Waals surface area contributed by atoms with Crippen molar-refractivity contribution in [2.45, 2.75) is 13.3 Å². The third-order valence-corrected chi connectivity index (χ3v) is 4.64. The van der Waals surface area contributed by atoms with Crippen LogP contribution in [0, 0.1) is 12.7 Å². The monoisotopic (exact) mass is 396 g/mol. The van der Waals surface area contributed by atoms with E-state index in [2.05, 4.69) is 32.9 Å². The molecule has 1 N–H and O–H groups in total. The number of pyridine rings is 3. The molecule has 4 nitrogen and oxygen atoms in total. The van der Waals surface area contributed by atoms with E-state index < -0.39 is 0 Å². The van der Waals surface area contributed by atoms with Gasteiger partial charge < -0.3 is 5.32 Å². The SMILES string of the molecule is C=C(Cc1ccc(-c2ccnc(C)c2)nc1)Nc1ccc(-c2cccc(F)c2)nc1. The molecule has 0 unspecified atom stereocenters. The van der Waals surface area contributed by atoms with Gasteiger partial charge in [0.15, 0.2) is 0 Å². The molecule has 0 fully saturated rings. The van der Waals surface area contributed by atoms with Crippen molar-refractivity contribution in [1.82, 2.24) is 15.0 Å². The zero-order chi connectivity index (χ0) is 20.9. The summed E-state index contributed by atoms with van der Waals surface area (Å²) in [6.45, 7) is 6.07. The van der Waals surface area contributed by atoms with Crippen molar-refractivity contribution in [2.75, 3.05) is 5.32 Å². The van der Waals surface area contributed by atoms with Crippen molar-refractivity contribution < 1.29 is 4.39 Å². The Morgan fingerprint density at radius 3 is 2.33 bits per heavy atom. The first kappa shape index (κ1) is 19.5. The molecule has 3 aromatic heterocycles. The first-order valence-electron chi connectivity index (χ1n) is 9.61. The van der Waals surface area contributed by atoms with Crippen LogP contribution in [-0.2, 0) is 6.42 Å². The summed E-state index contributed by atoms with van der Waals surface area (Å²) in [5, 5.41) is 3.27. The minimum Gasteiger partial charge on any atom is -0.358 e. The lowest BCUT2D eigenvalue weighted by Gasteiger charge is -2.11. The number of allylic oxidation sites excluding steroid dienone is 1. The molecule has 0 amide bonds. The fourth-order valence-corrected chi connectivity index (χ4v) is 3.19. The van der Waals surface area contributed by atoms with Crippen LogP contribution in [0.2, 0.25) is 0 Å². The first-order valence-corrected chi connectivity index (χ1v) is 9.61. The maximum Gasteiger partial charge on any atom is 0.123 e. The third-order valence-electron chi connectivity index (χ3n) is 4.64. The molecule has 4 rings (SSSR count). The minimum atomic E-state index is -0.274. The topological polar surface area (TPSA) is 50.7 Å². The smallest absolute Gasteiger partial charge is 0.123 e. The number of aromatic nitrogens is 3. The third kappa shape index (κ3) is 4.75. The van der Waals surface area contributed by atoms with Crippen LogP contribution in [-0.4, -0.2) is 15.0 Å². The van der Waals surface area contributed by atoms with Crippen molar-refractivity contribution in [3.8, 4) is 22.5 Å². The highest BCUT2D eigenvalue weighted by Gasteiger charge is 2.05. The van der Waals surface area contributed by atoms with Gasteiger partial charge in [0.05, 0.1) is 23.3 Å². The largest absolute Gasteiger partial charge is 0.358 e. The summed E-state index contributed by atoms with van der Waals surface area (Å²) < 4.78 is 13.4. The van der Waals surface area contributed by atoms with Gasteiger partial charge in [0.25, 0.3) is 0 Å². The number of halogens is 1. The molecular formula is C25H21FN4. The Kier molecular flexibility index (Phi) is 5.61. The van der Waals surface area contributed by atoms with Gasteiger partial charge in [-0.2, -0.15) is 0 Å². The number of hydrogen-bond acceptors (Lipinski definition) is 4. The molecule has 0 aliphatic heterocycles. The van der Waals surface area contributed by atoms with Gasteiger partial charge in [0, 0.05) is 41.3 Å². The van der Waals surface area contributed by atoms with Gasteiger partial charge in [-0.25, -0.2) is 4.39 Å². The van der Waals surface area contributed by atoms with Gasteiger partial charge in [0.1, 0.15) is 5.82 Å². The molecular weight excluding hydrogens is 375 g/mol. The van der Waals surface area contributed by atoms with Crippen LogP contribution in [0.25, 0.3) is 22.5 Å². The number of rotatable bonds is 6. The predicted molar refractivity (Wildman–Crippen MR) is 118 cm³/mol. The summed E-state index contributed by atoms with van der Waals surface area (Å²) in [5.41, 5.74) is 7.13. The molecule has 0 aliphatic carbocycles. The maximum atomic E-state index is 13.4. The van der Waals surface area contributed by atoms with Gasteiger partial charge in [-0.1, -0.05) is 24.8 Å². The average Bonchev–Trinajstić information content (AvgIpc) is 2.75. The molecule has 0 saturated carbocycles. The van der Waals surface area contributed by atoms with Crippen molar-refractivity contribution in [3.63, 3.8) is 0 Å². The summed E-state index contributed by atoms with van der Waals surface area (Å²) in [6, 6.07) is 18.2. The number of nitrogens with one attached hydrogen (secondary N) is 1. The molecule has 0 saturated heterocycles. The predicted octanol–water partition coefficient (Wildman–Crippen LogP) is 5.82. The second-order valence-electron chi connectivity index (χ2n) is 7.09. The molecule has 0 radical (unpaired) electrons. The second kappa shape index (κ2) is 8.66. The first-order chi connectivity index (χ1) is 14.6. The fraction of sp³-hybridized carbons (Fsp3) is 0.0800. The molecule has 1 aromatic carbocycles. The number of benzene rings is 1. The number of anilines is 1. The van der Waals surface area contributed by atoms with E-state index >= 15 is 0 Å². The van der Waals surface area contributed by atoms with E-state index in [0.717, 1.165) is 45.2 Å². The Hall–Kier alpha value is -3.86. The number of hydrogen-bond donors (Lipinski definition) is 1. The molecule has 0 spiro atoms. The zero-order valence-electron chi connectivity index (χ0n) is 16.6. The summed E-state index contributed by atoms with van der Waals surface area (Å²) in [7, 11) is 0. The highest BCUT2D eigenvalue weighted by molar-refractivity contribution is 5.62. The Morgan fingerprint density at radius 2 is 1.67 bits per heavy atom. The van der Waals surface area contributed by atoms with Crippen LogP contribution >= 0.6 is 0 Å². The normalized spacial score (nSPS) is 10.6. The summed E-state index contributed by atoms with van der Waals surface area (Å²) >= 11 is 0. The standard InChI is InChI=1S/C25H21FN4/c1-17-13-21(10-11-27-17)24-8-6-19(15-28-24)12-18(2)30-23-7-9-25(29-16-23)20-4-3-5-22(26)14-20/h3-11,13-16,30H,2,12H2,1H3. The van der Waals surface area contributed by atoms with Gasteiger partial charge in [0.2, 0.25) is 0 Å².